The first-order valence-corrected chi connectivity index (χ1v) is 9.58. The molecule has 0 spiro atoms. The predicted octanol–water partition coefficient (Wildman–Crippen LogP) is 4.20. The van der Waals surface area contributed by atoms with E-state index in [9.17, 15) is 4.79 Å². The molecule has 0 radical (unpaired) electrons. The van der Waals surface area contributed by atoms with Gasteiger partial charge in [-0.05, 0) is 37.8 Å². The second-order valence-corrected chi connectivity index (χ2v) is 5.92. The Morgan fingerprint density at radius 1 is 1.30 bits per heavy atom. The molecule has 6 nitrogen and oxygen atoms in total. The third-order valence-electron chi connectivity index (χ3n) is 4.11. The van der Waals surface area contributed by atoms with Gasteiger partial charge in [-0.3, -0.25) is 14.8 Å². The van der Waals surface area contributed by atoms with Crippen LogP contribution in [0, 0.1) is 0 Å². The number of aliphatic imine (C=N–C) groups is 2. The molecule has 6 heteroatoms. The molecular weight excluding hydrogens is 340 g/mol. The highest BCUT2D eigenvalue weighted by molar-refractivity contribution is 6.43. The molecule has 0 bridgehead atoms. The van der Waals surface area contributed by atoms with Crippen molar-refractivity contribution in [2.24, 2.45) is 9.98 Å². The molecule has 148 valence electrons. The number of amides is 1. The molecule has 1 saturated carbocycles. The topological polar surface area (TPSA) is 75.1 Å². The smallest absolute Gasteiger partial charge is 0.269 e. The summed E-state index contributed by atoms with van der Waals surface area (Å²) < 4.78 is 5.19. The Balaban J connectivity index is 0.00000176. The van der Waals surface area contributed by atoms with E-state index in [4.69, 9.17) is 4.74 Å². The van der Waals surface area contributed by atoms with Crippen molar-refractivity contribution >= 4 is 24.0 Å². The number of ether oxygens (including phenoxy) is 1. The zero-order chi connectivity index (χ0) is 19.9. The monoisotopic (exact) mass is 372 g/mol. The predicted molar refractivity (Wildman–Crippen MR) is 114 cm³/mol. The largest absolute Gasteiger partial charge is 0.497 e. The Morgan fingerprint density at radius 2 is 2.04 bits per heavy atom. The van der Waals surface area contributed by atoms with Crippen LogP contribution in [0.3, 0.4) is 0 Å². The fraction of sp³-hybridized carbons (Fsp3) is 0.476. The van der Waals surface area contributed by atoms with Crippen LogP contribution in [0.15, 0.2) is 46.5 Å². The van der Waals surface area contributed by atoms with Crippen molar-refractivity contribution in [3.63, 3.8) is 0 Å². The van der Waals surface area contributed by atoms with Gasteiger partial charge in [-0.1, -0.05) is 39.2 Å². The first kappa shape index (κ1) is 22.4. The summed E-state index contributed by atoms with van der Waals surface area (Å²) in [5, 5.41) is 6.22. The van der Waals surface area contributed by atoms with E-state index < -0.39 is 0 Å². The number of benzene rings is 1. The van der Waals surface area contributed by atoms with Gasteiger partial charge in [0, 0.05) is 24.0 Å². The average molecular weight is 373 g/mol. The Kier molecular flexibility index (Phi) is 11.3. The number of hydrogen-bond donors (Lipinski definition) is 2. The van der Waals surface area contributed by atoms with Gasteiger partial charge >= 0.3 is 0 Å². The van der Waals surface area contributed by atoms with E-state index in [0.29, 0.717) is 5.71 Å². The zero-order valence-corrected chi connectivity index (χ0v) is 16.7. The van der Waals surface area contributed by atoms with Crippen LogP contribution in [0.2, 0.25) is 0 Å². The molecule has 0 aromatic heterocycles. The standard InChI is InChI=1S/C19H26N4O2.C2H6/c1-20-12-11-18(19(24)23-15-7-4-3-5-8-15)22-14-21-16-9-6-10-17(13-16)25-2;1-2/h6,9-13,15,21H,1,3-5,7-8,14H2,2H3,(H,23,24);1-2H3/b12-11-,22-18+;. The molecule has 1 fully saturated rings. The van der Waals surface area contributed by atoms with Crippen LogP contribution in [-0.2, 0) is 4.79 Å². The lowest BCUT2D eigenvalue weighted by Gasteiger charge is -2.22. The summed E-state index contributed by atoms with van der Waals surface area (Å²) >= 11 is 0. The fourth-order valence-corrected chi connectivity index (χ4v) is 2.78. The molecule has 2 rings (SSSR count). The molecule has 0 heterocycles. The van der Waals surface area contributed by atoms with Crippen LogP contribution in [0.5, 0.6) is 5.75 Å². The van der Waals surface area contributed by atoms with E-state index in [2.05, 4.69) is 27.3 Å². The summed E-state index contributed by atoms with van der Waals surface area (Å²) in [6, 6.07) is 7.79. The fourth-order valence-electron chi connectivity index (χ4n) is 2.78. The minimum atomic E-state index is -0.167. The highest BCUT2D eigenvalue weighted by Gasteiger charge is 2.17. The van der Waals surface area contributed by atoms with Gasteiger partial charge in [0.05, 0.1) is 7.11 Å². The number of carbonyl (C=O) groups excluding carboxylic acids is 1. The summed E-state index contributed by atoms with van der Waals surface area (Å²) in [7, 11) is 1.62. The van der Waals surface area contributed by atoms with Crippen LogP contribution in [0.4, 0.5) is 5.69 Å². The number of rotatable bonds is 8. The summed E-state index contributed by atoms with van der Waals surface area (Å²) in [6.45, 7) is 7.68. The molecular formula is C21H32N4O2. The SMILES string of the molecule is C=N/C=C\C(=N/CNc1cccc(OC)c1)C(=O)NC1CCCCC1.CC. The van der Waals surface area contributed by atoms with Gasteiger partial charge in [0.25, 0.3) is 5.91 Å². The third-order valence-corrected chi connectivity index (χ3v) is 4.11. The minimum absolute atomic E-state index is 0.167. The second kappa shape index (κ2) is 13.6. The third kappa shape index (κ3) is 8.53. The number of methoxy groups -OCH3 is 1. The quantitative estimate of drug-likeness (QED) is 0.672. The summed E-state index contributed by atoms with van der Waals surface area (Å²) in [5.41, 5.74) is 1.22. The molecule has 0 aliphatic heterocycles. The lowest BCUT2D eigenvalue weighted by Crippen LogP contribution is -2.40. The highest BCUT2D eigenvalue weighted by atomic mass is 16.5. The first-order valence-electron chi connectivity index (χ1n) is 9.58. The van der Waals surface area contributed by atoms with Crippen molar-refractivity contribution < 1.29 is 9.53 Å². The van der Waals surface area contributed by atoms with Crippen LogP contribution in [0.25, 0.3) is 0 Å². The summed E-state index contributed by atoms with van der Waals surface area (Å²) in [4.78, 5) is 20.5. The number of nitrogens with zero attached hydrogens (tertiary/aromatic N) is 2. The van der Waals surface area contributed by atoms with Gasteiger partial charge in [0.1, 0.15) is 18.1 Å². The maximum Gasteiger partial charge on any atom is 0.269 e. The number of hydrogen-bond acceptors (Lipinski definition) is 5. The molecule has 27 heavy (non-hydrogen) atoms. The molecule has 0 unspecified atom stereocenters. The molecule has 1 aromatic rings. The van der Waals surface area contributed by atoms with E-state index in [-0.39, 0.29) is 18.6 Å². The molecule has 0 atom stereocenters. The highest BCUT2D eigenvalue weighted by Crippen LogP contribution is 2.18. The van der Waals surface area contributed by atoms with E-state index in [1.807, 2.05) is 38.1 Å². The van der Waals surface area contributed by atoms with Crippen molar-refractivity contribution in [3.05, 3.63) is 36.5 Å². The van der Waals surface area contributed by atoms with Gasteiger partial charge in [-0.15, -0.1) is 0 Å². The van der Waals surface area contributed by atoms with E-state index in [1.165, 1.54) is 25.5 Å². The molecule has 1 aliphatic rings. The van der Waals surface area contributed by atoms with Crippen molar-refractivity contribution in [1.29, 1.82) is 0 Å². The first-order chi connectivity index (χ1) is 13.2. The zero-order valence-electron chi connectivity index (χ0n) is 16.7. The molecule has 2 N–H and O–H groups in total. The normalized spacial score (nSPS) is 14.9. The Bertz CT molecular complexity index is 635. The van der Waals surface area contributed by atoms with Crippen LogP contribution < -0.4 is 15.4 Å². The summed E-state index contributed by atoms with van der Waals surface area (Å²) in [6.07, 6.45) is 8.70. The van der Waals surface area contributed by atoms with Gasteiger partial charge < -0.3 is 15.4 Å². The van der Waals surface area contributed by atoms with Crippen molar-refractivity contribution in [2.45, 2.75) is 52.0 Å². The summed E-state index contributed by atoms with van der Waals surface area (Å²) in [5.74, 6) is 0.597. The molecule has 0 saturated heterocycles. The number of nitrogens with one attached hydrogen (secondary N) is 2. The van der Waals surface area contributed by atoms with Crippen LogP contribution >= 0.6 is 0 Å². The van der Waals surface area contributed by atoms with E-state index >= 15 is 0 Å². The number of carbonyl (C=O) groups is 1. The lowest BCUT2D eigenvalue weighted by atomic mass is 9.95. The maximum absolute atomic E-state index is 12.5. The Morgan fingerprint density at radius 3 is 2.70 bits per heavy atom. The lowest BCUT2D eigenvalue weighted by molar-refractivity contribution is -0.115. The Labute approximate surface area is 162 Å². The second-order valence-electron chi connectivity index (χ2n) is 5.92. The molecule has 1 aliphatic carbocycles. The maximum atomic E-state index is 12.5. The van der Waals surface area contributed by atoms with Crippen molar-refractivity contribution in [2.75, 3.05) is 19.1 Å². The van der Waals surface area contributed by atoms with Gasteiger partial charge in [0.15, 0.2) is 0 Å². The van der Waals surface area contributed by atoms with E-state index in [1.54, 1.807) is 13.2 Å². The molecule has 1 aromatic carbocycles. The van der Waals surface area contributed by atoms with Crippen molar-refractivity contribution in [1.82, 2.24) is 5.32 Å². The Hall–Kier alpha value is -2.63. The van der Waals surface area contributed by atoms with E-state index in [0.717, 1.165) is 24.3 Å². The van der Waals surface area contributed by atoms with Gasteiger partial charge in [-0.2, -0.15) is 0 Å². The number of anilines is 1. The van der Waals surface area contributed by atoms with Crippen molar-refractivity contribution in [3.8, 4) is 5.75 Å². The van der Waals surface area contributed by atoms with Crippen LogP contribution in [-0.4, -0.2) is 38.2 Å². The van der Waals surface area contributed by atoms with Gasteiger partial charge in [-0.25, -0.2) is 0 Å². The molecule has 1 amide bonds. The minimum Gasteiger partial charge on any atom is -0.497 e. The van der Waals surface area contributed by atoms with Gasteiger partial charge in [0.2, 0.25) is 0 Å². The van der Waals surface area contributed by atoms with Crippen LogP contribution in [0.1, 0.15) is 46.0 Å². The average Bonchev–Trinajstić information content (AvgIpc) is 2.72.